The van der Waals surface area contributed by atoms with Gasteiger partial charge >= 0.3 is 0 Å². The van der Waals surface area contributed by atoms with Crippen molar-refractivity contribution in [1.82, 2.24) is 19.7 Å². The van der Waals surface area contributed by atoms with E-state index < -0.39 is 0 Å². The Morgan fingerprint density at radius 2 is 2.12 bits per heavy atom. The average molecular weight is 326 g/mol. The summed E-state index contributed by atoms with van der Waals surface area (Å²) in [6, 6.07) is 2.30. The minimum Gasteiger partial charge on any atom is -0.306 e. The van der Waals surface area contributed by atoms with Gasteiger partial charge in [-0.05, 0) is 58.7 Å². The van der Waals surface area contributed by atoms with Crippen molar-refractivity contribution in [1.29, 1.82) is 0 Å². The first-order valence-electron chi connectivity index (χ1n) is 9.13. The van der Waals surface area contributed by atoms with E-state index >= 15 is 0 Å². The first-order valence-corrected chi connectivity index (χ1v) is 9.13. The second kappa shape index (κ2) is 5.96. The van der Waals surface area contributed by atoms with Gasteiger partial charge in [0.15, 0.2) is 11.4 Å². The Morgan fingerprint density at radius 3 is 2.75 bits per heavy atom. The molecule has 5 heteroatoms. The molecule has 0 radical (unpaired) electrons. The third-order valence-electron chi connectivity index (χ3n) is 5.33. The minimum absolute atomic E-state index is 0.246. The topological polar surface area (TPSA) is 51.0 Å². The monoisotopic (exact) mass is 326 g/mol. The number of hydrogen-bond donors (Lipinski definition) is 0. The van der Waals surface area contributed by atoms with Crippen molar-refractivity contribution in [2.45, 2.75) is 51.5 Å². The Bertz CT molecular complexity index is 775. The first kappa shape index (κ1) is 15.8. The van der Waals surface area contributed by atoms with Crippen LogP contribution >= 0.6 is 0 Å². The molecule has 2 aliphatic rings. The molecule has 2 fully saturated rings. The molecule has 0 bridgehead atoms. The van der Waals surface area contributed by atoms with E-state index in [0.717, 1.165) is 41.8 Å². The third kappa shape index (κ3) is 2.86. The fourth-order valence-electron chi connectivity index (χ4n) is 3.80. The Kier molecular flexibility index (Phi) is 3.91. The standard InChI is InChI=1S/C19H26N4O/c1-12(2)23-19-16(10-20-23)15(9-17(21-19)14-4-5-14)18(24)8-13-6-7-22(3)11-13/h9-10,12-14H,4-8,11H2,1-3H3. The van der Waals surface area contributed by atoms with E-state index in [2.05, 4.69) is 30.9 Å². The van der Waals surface area contributed by atoms with Gasteiger partial charge in [0, 0.05) is 41.6 Å². The van der Waals surface area contributed by atoms with Crippen molar-refractivity contribution in [3.8, 4) is 0 Å². The number of hydrogen-bond acceptors (Lipinski definition) is 4. The summed E-state index contributed by atoms with van der Waals surface area (Å²) in [7, 11) is 2.13. The number of nitrogens with zero attached hydrogens (tertiary/aromatic N) is 4. The first-order chi connectivity index (χ1) is 11.5. The number of fused-ring (bicyclic) bond motifs is 1. The highest BCUT2D eigenvalue weighted by atomic mass is 16.1. The molecular weight excluding hydrogens is 300 g/mol. The molecule has 1 unspecified atom stereocenters. The molecule has 1 saturated carbocycles. The van der Waals surface area contributed by atoms with Crippen LogP contribution in [-0.2, 0) is 0 Å². The molecule has 24 heavy (non-hydrogen) atoms. The second-order valence-electron chi connectivity index (χ2n) is 7.83. The van der Waals surface area contributed by atoms with Gasteiger partial charge in [-0.1, -0.05) is 0 Å². The normalized spacial score (nSPS) is 21.9. The molecule has 3 heterocycles. The molecule has 0 amide bonds. The van der Waals surface area contributed by atoms with Gasteiger partial charge in [-0.2, -0.15) is 5.10 Å². The van der Waals surface area contributed by atoms with Crippen molar-refractivity contribution >= 4 is 16.8 Å². The summed E-state index contributed by atoms with van der Waals surface area (Å²) in [4.78, 5) is 20.2. The maximum Gasteiger partial charge on any atom is 0.164 e. The summed E-state index contributed by atoms with van der Waals surface area (Å²) in [6.45, 7) is 6.34. The molecular formula is C19H26N4O. The predicted molar refractivity (Wildman–Crippen MR) is 94.4 cm³/mol. The fourth-order valence-corrected chi connectivity index (χ4v) is 3.80. The van der Waals surface area contributed by atoms with Gasteiger partial charge in [0.25, 0.3) is 0 Å². The van der Waals surface area contributed by atoms with Crippen LogP contribution in [0.5, 0.6) is 0 Å². The molecule has 128 valence electrons. The van der Waals surface area contributed by atoms with Crippen LogP contribution in [-0.4, -0.2) is 45.6 Å². The SMILES string of the molecule is CC(C)n1ncc2c(C(=O)CC3CCN(C)C3)cc(C3CC3)nc21. The number of aromatic nitrogens is 3. The van der Waals surface area contributed by atoms with E-state index in [1.807, 2.05) is 16.9 Å². The Labute approximate surface area is 143 Å². The van der Waals surface area contributed by atoms with Crippen LogP contribution in [0, 0.1) is 5.92 Å². The van der Waals surface area contributed by atoms with Crippen molar-refractivity contribution in [3.05, 3.63) is 23.5 Å². The highest BCUT2D eigenvalue weighted by molar-refractivity contribution is 6.06. The minimum atomic E-state index is 0.246. The summed E-state index contributed by atoms with van der Waals surface area (Å²) in [5.74, 6) is 1.28. The van der Waals surface area contributed by atoms with Crippen LogP contribution < -0.4 is 0 Å². The number of carbonyl (C=O) groups excluding carboxylic acids is 1. The van der Waals surface area contributed by atoms with Gasteiger partial charge in [0.1, 0.15) is 0 Å². The van der Waals surface area contributed by atoms with Crippen LogP contribution in [0.4, 0.5) is 0 Å². The third-order valence-corrected chi connectivity index (χ3v) is 5.33. The zero-order valence-electron chi connectivity index (χ0n) is 14.8. The average Bonchev–Trinajstić information content (AvgIpc) is 3.18. The van der Waals surface area contributed by atoms with Crippen LogP contribution in [0.25, 0.3) is 11.0 Å². The van der Waals surface area contributed by atoms with Crippen LogP contribution in [0.1, 0.15) is 67.5 Å². The van der Waals surface area contributed by atoms with Crippen LogP contribution in [0.2, 0.25) is 0 Å². The van der Waals surface area contributed by atoms with Gasteiger partial charge in [0.2, 0.25) is 0 Å². The van der Waals surface area contributed by atoms with E-state index in [0.29, 0.717) is 18.3 Å². The summed E-state index contributed by atoms with van der Waals surface area (Å²) < 4.78 is 1.95. The van der Waals surface area contributed by atoms with Crippen LogP contribution in [0.15, 0.2) is 12.3 Å². The molecule has 5 nitrogen and oxygen atoms in total. The maximum absolute atomic E-state index is 13.0. The maximum atomic E-state index is 13.0. The van der Waals surface area contributed by atoms with Gasteiger partial charge in [-0.15, -0.1) is 0 Å². The fraction of sp³-hybridized carbons (Fsp3) is 0.632. The predicted octanol–water partition coefficient (Wildman–Crippen LogP) is 3.41. The van der Waals surface area contributed by atoms with E-state index in [1.165, 1.54) is 12.8 Å². The smallest absolute Gasteiger partial charge is 0.164 e. The zero-order chi connectivity index (χ0) is 16.8. The molecule has 0 N–H and O–H groups in total. The highest BCUT2D eigenvalue weighted by Crippen LogP contribution is 2.40. The van der Waals surface area contributed by atoms with Gasteiger partial charge in [-0.25, -0.2) is 9.67 Å². The lowest BCUT2D eigenvalue weighted by Crippen LogP contribution is -2.16. The Morgan fingerprint density at radius 1 is 1.33 bits per heavy atom. The second-order valence-corrected chi connectivity index (χ2v) is 7.83. The molecule has 1 aliphatic heterocycles. The quantitative estimate of drug-likeness (QED) is 0.790. The van der Waals surface area contributed by atoms with E-state index in [9.17, 15) is 4.79 Å². The number of Topliss-reactive ketones (excluding diaryl/α,β-unsaturated/α-hetero) is 1. The number of likely N-dealkylation sites (tertiary alicyclic amines) is 1. The zero-order valence-corrected chi connectivity index (χ0v) is 14.8. The summed E-state index contributed by atoms with van der Waals surface area (Å²) in [6.07, 6.45) is 5.97. The molecule has 1 atom stereocenters. The largest absolute Gasteiger partial charge is 0.306 e. The summed E-state index contributed by atoms with van der Waals surface area (Å²) in [5, 5.41) is 5.42. The van der Waals surface area contributed by atoms with Crippen LogP contribution in [0.3, 0.4) is 0 Å². The number of rotatable bonds is 5. The Hall–Kier alpha value is -1.75. The molecule has 1 aliphatic carbocycles. The molecule has 2 aromatic heterocycles. The molecule has 0 aromatic carbocycles. The lowest BCUT2D eigenvalue weighted by atomic mass is 9.96. The molecule has 2 aromatic rings. The molecule has 1 saturated heterocycles. The van der Waals surface area contributed by atoms with Gasteiger partial charge in [0.05, 0.1) is 6.20 Å². The summed E-state index contributed by atoms with van der Waals surface area (Å²) >= 11 is 0. The van der Waals surface area contributed by atoms with Crippen molar-refractivity contribution in [2.24, 2.45) is 5.92 Å². The molecule has 4 rings (SSSR count). The van der Waals surface area contributed by atoms with E-state index in [-0.39, 0.29) is 11.8 Å². The summed E-state index contributed by atoms with van der Waals surface area (Å²) in [5.41, 5.74) is 2.79. The van der Waals surface area contributed by atoms with Crippen molar-refractivity contribution in [3.63, 3.8) is 0 Å². The number of ketones is 1. The Balaban J connectivity index is 1.71. The number of carbonyl (C=O) groups is 1. The van der Waals surface area contributed by atoms with Gasteiger partial charge in [-0.3, -0.25) is 4.79 Å². The van der Waals surface area contributed by atoms with E-state index in [1.54, 1.807) is 0 Å². The van der Waals surface area contributed by atoms with E-state index in [4.69, 9.17) is 4.98 Å². The number of pyridine rings is 1. The lowest BCUT2D eigenvalue weighted by molar-refractivity contribution is 0.0964. The van der Waals surface area contributed by atoms with Crippen molar-refractivity contribution < 1.29 is 4.79 Å². The highest BCUT2D eigenvalue weighted by Gasteiger charge is 2.29. The van der Waals surface area contributed by atoms with Crippen molar-refractivity contribution in [2.75, 3.05) is 20.1 Å². The lowest BCUT2D eigenvalue weighted by Gasteiger charge is -2.12. The molecule has 0 spiro atoms. The van der Waals surface area contributed by atoms with Gasteiger partial charge < -0.3 is 4.90 Å².